The molecule has 0 saturated carbocycles. The molecule has 0 amide bonds. The average molecular weight is 837 g/mol. The lowest BCUT2D eigenvalue weighted by atomic mass is 9.82. The van der Waals surface area contributed by atoms with Crippen molar-refractivity contribution in [3.8, 4) is 0 Å². The Balaban J connectivity index is 1.27. The Morgan fingerprint density at radius 1 is 0.667 bits per heavy atom. The fourth-order valence-corrected chi connectivity index (χ4v) is 8.02. The van der Waals surface area contributed by atoms with Gasteiger partial charge in [-0.2, -0.15) is 0 Å². The minimum atomic E-state index is -2.02. The van der Waals surface area contributed by atoms with Crippen molar-refractivity contribution in [1.29, 1.82) is 0 Å². The van der Waals surface area contributed by atoms with Crippen molar-refractivity contribution in [1.82, 2.24) is 0 Å². The van der Waals surface area contributed by atoms with Crippen molar-refractivity contribution in [2.45, 2.75) is 86.2 Å². The van der Waals surface area contributed by atoms with Crippen molar-refractivity contribution in [2.75, 3.05) is 32.7 Å². The summed E-state index contributed by atoms with van der Waals surface area (Å²) in [6.07, 6.45) is -18.2. The van der Waals surface area contributed by atoms with Crippen molar-refractivity contribution in [3.63, 3.8) is 0 Å². The largest absolute Gasteiger partial charge is 0.478 e. The van der Waals surface area contributed by atoms with Gasteiger partial charge in [-0.3, -0.25) is 0 Å². The third-order valence-electron chi connectivity index (χ3n) is 10.7. The van der Waals surface area contributed by atoms with E-state index in [4.69, 9.17) is 37.9 Å². The van der Waals surface area contributed by atoms with Gasteiger partial charge in [0, 0.05) is 11.8 Å². The zero-order valence-electron chi connectivity index (χ0n) is 29.8. The van der Waals surface area contributed by atoms with Crippen LogP contribution in [0.3, 0.4) is 0 Å². The summed E-state index contributed by atoms with van der Waals surface area (Å²) in [4.78, 5) is 38.0. The standard InChI is InChI=1S/C34H44O22S/c1-57-34(48)51-7-11-3-15(39)21-13(9-50-31(19(11)21)55-32-26(44)24(42)22(40)16(5-36)52-32)29(47)54-27-25(43)23(41)17(6-37)53-33(27)56-30-18-10(4-35)2-14(38)20(18)12(8-49-30)28(45)46/h2-3,8-9,14-27,30-33,35-44H,4-7H2,1H3,(H,45,46). The lowest BCUT2D eigenvalue weighted by Gasteiger charge is -2.44. The minimum Gasteiger partial charge on any atom is -0.478 e. The Kier molecular flexibility index (Phi) is 13.6. The predicted molar refractivity (Wildman–Crippen MR) is 181 cm³/mol. The molecule has 11 N–H and O–H groups in total. The molecule has 22 nitrogen and oxygen atoms in total. The molecule has 18 atom stereocenters. The molecule has 0 aromatic heterocycles. The number of aliphatic hydroxyl groups is 10. The van der Waals surface area contributed by atoms with E-state index in [-0.39, 0.29) is 16.7 Å². The molecule has 0 spiro atoms. The number of rotatable bonds is 12. The first-order chi connectivity index (χ1) is 27.1. The summed E-state index contributed by atoms with van der Waals surface area (Å²) < 4.78 is 45.1. The van der Waals surface area contributed by atoms with E-state index in [2.05, 4.69) is 0 Å². The number of carboxylic acid groups (broad SMARTS) is 1. The number of hydrogen-bond acceptors (Lipinski definition) is 22. The molecule has 0 aromatic carbocycles. The maximum absolute atomic E-state index is 14.0. The number of carboxylic acids is 1. The number of carbonyl (C=O) groups is 3. The van der Waals surface area contributed by atoms with E-state index >= 15 is 0 Å². The van der Waals surface area contributed by atoms with E-state index < -0.39 is 159 Å². The number of esters is 1. The summed E-state index contributed by atoms with van der Waals surface area (Å²) in [5, 5.41) is 114. The number of aliphatic hydroxyl groups excluding tert-OH is 10. The summed E-state index contributed by atoms with van der Waals surface area (Å²) in [7, 11) is 0. The average Bonchev–Trinajstić information content (AvgIpc) is 3.72. The van der Waals surface area contributed by atoms with Crippen molar-refractivity contribution in [2.24, 2.45) is 23.7 Å². The van der Waals surface area contributed by atoms with Crippen LogP contribution < -0.4 is 0 Å². The SMILES string of the molecule is CSC(=O)OCC1=CC(O)C2C(C(=O)OC3C(OC4OC=C(C(=O)O)C5C(O)C=C(CO)C45)OC(CO)C(O)C3O)=COC(OC3OC(CO)C(O)C(O)C3O)C12. The van der Waals surface area contributed by atoms with Gasteiger partial charge in [-0.25, -0.2) is 14.4 Å². The van der Waals surface area contributed by atoms with Gasteiger partial charge in [-0.1, -0.05) is 12.2 Å². The molecular formula is C34H44O22S. The van der Waals surface area contributed by atoms with Crippen molar-refractivity contribution in [3.05, 3.63) is 47.0 Å². The van der Waals surface area contributed by atoms with Gasteiger partial charge < -0.3 is 94.1 Å². The molecule has 4 aliphatic heterocycles. The molecule has 0 aromatic rings. The summed E-state index contributed by atoms with van der Waals surface area (Å²) in [6, 6.07) is 0. The Labute approximate surface area is 326 Å². The molecule has 18 unspecified atom stereocenters. The van der Waals surface area contributed by atoms with Gasteiger partial charge in [0.15, 0.2) is 12.4 Å². The van der Waals surface area contributed by atoms with Crippen LogP contribution in [0.4, 0.5) is 4.79 Å². The highest BCUT2D eigenvalue weighted by Crippen LogP contribution is 2.47. The fraction of sp³-hybridized carbons (Fsp3) is 0.676. The van der Waals surface area contributed by atoms with Crippen LogP contribution in [0.15, 0.2) is 47.0 Å². The molecule has 0 bridgehead atoms. The molecule has 4 heterocycles. The number of fused-ring (bicyclic) bond motifs is 2. The molecule has 0 radical (unpaired) electrons. The summed E-state index contributed by atoms with van der Waals surface area (Å²) in [5.41, 5.74) is -0.454. The minimum absolute atomic E-state index is 0.130. The predicted octanol–water partition coefficient (Wildman–Crippen LogP) is -4.71. The highest BCUT2D eigenvalue weighted by atomic mass is 32.2. The summed E-state index contributed by atoms with van der Waals surface area (Å²) in [5.74, 6) is -7.54. The monoisotopic (exact) mass is 836 g/mol. The van der Waals surface area contributed by atoms with Crippen LogP contribution in [-0.2, 0) is 47.5 Å². The third kappa shape index (κ3) is 8.33. The molecule has 2 saturated heterocycles. The van der Waals surface area contributed by atoms with Gasteiger partial charge in [0.25, 0.3) is 0 Å². The Morgan fingerprint density at radius 3 is 1.77 bits per heavy atom. The van der Waals surface area contributed by atoms with Crippen molar-refractivity contribution < 1.29 is 108 Å². The second kappa shape index (κ2) is 17.9. The molecule has 6 aliphatic rings. The summed E-state index contributed by atoms with van der Waals surface area (Å²) >= 11 is 0.742. The molecule has 6 rings (SSSR count). The van der Waals surface area contributed by atoms with E-state index in [0.29, 0.717) is 0 Å². The van der Waals surface area contributed by atoms with Crippen LogP contribution in [0.25, 0.3) is 0 Å². The van der Waals surface area contributed by atoms with Crippen molar-refractivity contribution >= 4 is 29.0 Å². The Morgan fingerprint density at radius 2 is 1.19 bits per heavy atom. The lowest BCUT2D eigenvalue weighted by molar-refractivity contribution is -0.342. The van der Waals surface area contributed by atoms with Gasteiger partial charge in [0.1, 0.15) is 49.3 Å². The van der Waals surface area contributed by atoms with E-state index in [1.165, 1.54) is 18.4 Å². The normalized spacial score (nSPS) is 42.6. The van der Waals surface area contributed by atoms with E-state index in [9.17, 15) is 70.6 Å². The number of carbonyl (C=O) groups excluding carboxylic acids is 2. The van der Waals surface area contributed by atoms with Crippen LogP contribution in [0.1, 0.15) is 0 Å². The van der Waals surface area contributed by atoms with Gasteiger partial charge in [-0.15, -0.1) is 0 Å². The quantitative estimate of drug-likeness (QED) is 0.0650. The smallest absolute Gasteiger partial charge is 0.367 e. The topological polar surface area (TPSA) is 348 Å². The van der Waals surface area contributed by atoms with Crippen LogP contribution >= 0.6 is 11.8 Å². The van der Waals surface area contributed by atoms with E-state index in [1.54, 1.807) is 0 Å². The number of thioether (sulfide) groups is 1. The Hall–Kier alpha value is -3.24. The fourth-order valence-electron chi connectivity index (χ4n) is 7.85. The highest BCUT2D eigenvalue weighted by molar-refractivity contribution is 8.12. The zero-order chi connectivity index (χ0) is 41.5. The number of hydrogen-bond donors (Lipinski definition) is 11. The first kappa shape index (κ1) is 43.3. The molecule has 2 aliphatic carbocycles. The van der Waals surface area contributed by atoms with Gasteiger partial charge in [-0.05, 0) is 29.2 Å². The van der Waals surface area contributed by atoms with E-state index in [0.717, 1.165) is 24.3 Å². The van der Waals surface area contributed by atoms with Crippen LogP contribution in [0.5, 0.6) is 0 Å². The molecule has 2 fully saturated rings. The highest BCUT2D eigenvalue weighted by Gasteiger charge is 2.56. The first-order valence-electron chi connectivity index (χ1n) is 17.6. The zero-order valence-corrected chi connectivity index (χ0v) is 30.7. The first-order valence-corrected chi connectivity index (χ1v) is 18.9. The second-order valence-electron chi connectivity index (χ2n) is 14.0. The third-order valence-corrected chi connectivity index (χ3v) is 11.2. The second-order valence-corrected chi connectivity index (χ2v) is 14.7. The van der Waals surface area contributed by atoms with Gasteiger partial charge in [0.05, 0.1) is 67.5 Å². The van der Waals surface area contributed by atoms with Crippen LogP contribution in [0, 0.1) is 23.7 Å². The van der Waals surface area contributed by atoms with Gasteiger partial charge in [0.2, 0.25) is 18.9 Å². The number of ether oxygens (including phenoxy) is 8. The maximum atomic E-state index is 14.0. The summed E-state index contributed by atoms with van der Waals surface area (Å²) in [6.45, 7) is -2.73. The Bertz CT molecular complexity index is 1630. The molecule has 57 heavy (non-hydrogen) atoms. The van der Waals surface area contributed by atoms with Crippen LogP contribution in [-0.4, -0.2) is 192 Å². The van der Waals surface area contributed by atoms with Gasteiger partial charge >= 0.3 is 17.2 Å². The lowest BCUT2D eigenvalue weighted by Crippen LogP contribution is -2.62. The van der Waals surface area contributed by atoms with E-state index in [1.807, 2.05) is 0 Å². The molecule has 318 valence electrons. The maximum Gasteiger partial charge on any atom is 0.367 e. The molecule has 23 heteroatoms. The number of aliphatic carboxylic acids is 1. The van der Waals surface area contributed by atoms with Crippen LogP contribution in [0.2, 0.25) is 0 Å². The molecular weight excluding hydrogens is 792 g/mol.